The molecular weight excluding hydrogens is 218 g/mol. The van der Waals surface area contributed by atoms with Crippen LogP contribution < -0.4 is 14.8 Å². The molecule has 0 radical (unpaired) electrons. The number of aliphatic hydroxyl groups is 1. The minimum absolute atomic E-state index is 0.0467. The normalized spacial score (nSPS) is 22.8. The number of rotatable bonds is 4. The van der Waals surface area contributed by atoms with Crippen molar-refractivity contribution in [3.63, 3.8) is 0 Å². The summed E-state index contributed by atoms with van der Waals surface area (Å²) < 4.78 is 10.8. The van der Waals surface area contributed by atoms with Crippen LogP contribution in [-0.2, 0) is 0 Å². The molecule has 94 valence electrons. The van der Waals surface area contributed by atoms with Crippen LogP contribution in [0.1, 0.15) is 25.0 Å². The van der Waals surface area contributed by atoms with Crippen molar-refractivity contribution in [1.29, 1.82) is 0 Å². The summed E-state index contributed by atoms with van der Waals surface area (Å²) in [6, 6.07) is 5.47. The molecule has 4 heteroatoms. The van der Waals surface area contributed by atoms with E-state index in [9.17, 15) is 5.11 Å². The molecule has 1 aromatic rings. The molecule has 0 spiro atoms. The summed E-state index contributed by atoms with van der Waals surface area (Å²) in [6.07, 6.45) is 0.495. The zero-order valence-corrected chi connectivity index (χ0v) is 10.3. The van der Waals surface area contributed by atoms with Crippen LogP contribution in [0.2, 0.25) is 0 Å². The quantitative estimate of drug-likeness (QED) is 0.833. The second-order valence-electron chi connectivity index (χ2n) is 4.22. The number of ether oxygens (including phenoxy) is 2. The van der Waals surface area contributed by atoms with E-state index in [0.717, 1.165) is 30.0 Å². The maximum Gasteiger partial charge on any atom is 0.125 e. The Morgan fingerprint density at radius 3 is 3.06 bits per heavy atom. The molecule has 1 aromatic carbocycles. The monoisotopic (exact) mass is 237 g/mol. The number of methoxy groups -OCH3 is 1. The molecular formula is C13H19NO3. The van der Waals surface area contributed by atoms with Crippen LogP contribution in [0.3, 0.4) is 0 Å². The van der Waals surface area contributed by atoms with Crippen molar-refractivity contribution >= 4 is 0 Å². The minimum Gasteiger partial charge on any atom is -0.497 e. The molecule has 1 aliphatic heterocycles. The molecule has 0 aliphatic carbocycles. The van der Waals surface area contributed by atoms with Crippen LogP contribution in [0.5, 0.6) is 11.5 Å². The number of hydrogen-bond donors (Lipinski definition) is 2. The Balaban J connectivity index is 2.18. The molecule has 2 unspecified atom stereocenters. The lowest BCUT2D eigenvalue weighted by Gasteiger charge is -2.31. The molecule has 2 N–H and O–H groups in total. The average Bonchev–Trinajstić information content (AvgIpc) is 2.38. The van der Waals surface area contributed by atoms with E-state index in [1.54, 1.807) is 7.11 Å². The van der Waals surface area contributed by atoms with Crippen LogP contribution in [0, 0.1) is 0 Å². The first kappa shape index (κ1) is 12.2. The van der Waals surface area contributed by atoms with Crippen molar-refractivity contribution in [1.82, 2.24) is 5.32 Å². The number of nitrogens with one attached hydrogen (secondary N) is 1. The predicted molar refractivity (Wildman–Crippen MR) is 65.5 cm³/mol. The van der Waals surface area contributed by atoms with Crippen molar-refractivity contribution in [3.05, 3.63) is 23.8 Å². The van der Waals surface area contributed by atoms with Gasteiger partial charge in [0.15, 0.2) is 0 Å². The molecule has 0 bridgehead atoms. The third kappa shape index (κ3) is 2.53. The fourth-order valence-corrected chi connectivity index (χ4v) is 2.00. The highest BCUT2D eigenvalue weighted by Gasteiger charge is 2.29. The van der Waals surface area contributed by atoms with Crippen LogP contribution >= 0.6 is 0 Å². The fourth-order valence-electron chi connectivity index (χ4n) is 2.00. The Bertz CT molecular complexity index is 381. The summed E-state index contributed by atoms with van der Waals surface area (Å²) >= 11 is 0. The molecule has 2 atom stereocenters. The molecule has 0 saturated carbocycles. The average molecular weight is 237 g/mol. The minimum atomic E-state index is -0.541. The highest BCUT2D eigenvalue weighted by Crippen LogP contribution is 2.34. The van der Waals surface area contributed by atoms with Gasteiger partial charge in [0, 0.05) is 5.56 Å². The molecule has 1 aliphatic rings. The van der Waals surface area contributed by atoms with Gasteiger partial charge in [-0.25, -0.2) is 0 Å². The van der Waals surface area contributed by atoms with Crippen molar-refractivity contribution in [2.24, 2.45) is 0 Å². The molecule has 4 nitrogen and oxygen atoms in total. The SMILES string of the molecule is CCCNC1COc2ccc(OC)cc2C1O. The highest BCUT2D eigenvalue weighted by atomic mass is 16.5. The van der Waals surface area contributed by atoms with Crippen molar-refractivity contribution in [3.8, 4) is 11.5 Å². The van der Waals surface area contributed by atoms with Crippen LogP contribution in [-0.4, -0.2) is 31.4 Å². The van der Waals surface area contributed by atoms with E-state index in [1.165, 1.54) is 0 Å². The van der Waals surface area contributed by atoms with Gasteiger partial charge in [0.2, 0.25) is 0 Å². The smallest absolute Gasteiger partial charge is 0.125 e. The maximum atomic E-state index is 10.3. The van der Waals surface area contributed by atoms with Crippen LogP contribution in [0.4, 0.5) is 0 Å². The van der Waals surface area contributed by atoms with Gasteiger partial charge in [-0.05, 0) is 31.2 Å². The van der Waals surface area contributed by atoms with Crippen molar-refractivity contribution < 1.29 is 14.6 Å². The highest BCUT2D eigenvalue weighted by molar-refractivity contribution is 5.43. The lowest BCUT2D eigenvalue weighted by molar-refractivity contribution is 0.0735. The summed E-state index contributed by atoms with van der Waals surface area (Å²) in [5.41, 5.74) is 0.796. The topological polar surface area (TPSA) is 50.7 Å². The lowest BCUT2D eigenvalue weighted by atomic mass is 9.99. The summed E-state index contributed by atoms with van der Waals surface area (Å²) in [7, 11) is 1.62. The number of fused-ring (bicyclic) bond motifs is 1. The van der Waals surface area contributed by atoms with Gasteiger partial charge in [-0.2, -0.15) is 0 Å². The molecule has 0 fully saturated rings. The van der Waals surface area contributed by atoms with E-state index in [-0.39, 0.29) is 6.04 Å². The molecule has 17 heavy (non-hydrogen) atoms. The summed E-state index contributed by atoms with van der Waals surface area (Å²) in [5.74, 6) is 1.48. The lowest BCUT2D eigenvalue weighted by Crippen LogP contribution is -2.42. The first-order valence-corrected chi connectivity index (χ1v) is 5.98. The predicted octanol–water partition coefficient (Wildman–Crippen LogP) is 1.49. The van der Waals surface area contributed by atoms with Gasteiger partial charge >= 0.3 is 0 Å². The zero-order valence-electron chi connectivity index (χ0n) is 10.3. The summed E-state index contributed by atoms with van der Waals surface area (Å²) in [5, 5.41) is 13.6. The van der Waals surface area contributed by atoms with Gasteiger partial charge in [-0.3, -0.25) is 0 Å². The van der Waals surface area contributed by atoms with Gasteiger partial charge in [0.25, 0.3) is 0 Å². The molecule has 2 rings (SSSR count). The van der Waals surface area contributed by atoms with Crippen molar-refractivity contribution in [2.45, 2.75) is 25.5 Å². The van der Waals surface area contributed by atoms with Crippen LogP contribution in [0.25, 0.3) is 0 Å². The zero-order chi connectivity index (χ0) is 12.3. The van der Waals surface area contributed by atoms with E-state index >= 15 is 0 Å². The Morgan fingerprint density at radius 1 is 1.53 bits per heavy atom. The molecule has 0 saturated heterocycles. The largest absolute Gasteiger partial charge is 0.497 e. The standard InChI is InChI=1S/C13H19NO3/c1-3-6-14-11-8-17-12-5-4-9(16-2)7-10(12)13(11)15/h4-5,7,11,13-15H,3,6,8H2,1-2H3. The molecule has 1 heterocycles. The number of hydrogen-bond acceptors (Lipinski definition) is 4. The van der Waals surface area contributed by atoms with E-state index < -0.39 is 6.10 Å². The van der Waals surface area contributed by atoms with E-state index in [4.69, 9.17) is 9.47 Å². The first-order chi connectivity index (χ1) is 8.26. The van der Waals surface area contributed by atoms with Crippen LogP contribution in [0.15, 0.2) is 18.2 Å². The maximum absolute atomic E-state index is 10.3. The van der Waals surface area contributed by atoms with Gasteiger partial charge in [-0.1, -0.05) is 6.92 Å². The van der Waals surface area contributed by atoms with Crippen molar-refractivity contribution in [2.75, 3.05) is 20.3 Å². The molecule has 0 aromatic heterocycles. The second kappa shape index (κ2) is 5.38. The molecule has 0 amide bonds. The number of benzene rings is 1. The summed E-state index contributed by atoms with van der Waals surface area (Å²) in [4.78, 5) is 0. The van der Waals surface area contributed by atoms with Gasteiger partial charge in [-0.15, -0.1) is 0 Å². The summed E-state index contributed by atoms with van der Waals surface area (Å²) in [6.45, 7) is 3.48. The Kier molecular flexibility index (Phi) is 3.86. The van der Waals surface area contributed by atoms with Gasteiger partial charge in [0.1, 0.15) is 24.2 Å². The Labute approximate surface area is 102 Å². The fraction of sp³-hybridized carbons (Fsp3) is 0.538. The first-order valence-electron chi connectivity index (χ1n) is 5.98. The third-order valence-corrected chi connectivity index (χ3v) is 2.99. The Morgan fingerprint density at radius 2 is 2.35 bits per heavy atom. The Hall–Kier alpha value is -1.26. The van der Waals surface area contributed by atoms with E-state index in [1.807, 2.05) is 18.2 Å². The third-order valence-electron chi connectivity index (χ3n) is 2.99. The number of aliphatic hydroxyl groups excluding tert-OH is 1. The van der Waals surface area contributed by atoms with E-state index in [0.29, 0.717) is 6.61 Å². The second-order valence-corrected chi connectivity index (χ2v) is 4.22. The van der Waals surface area contributed by atoms with E-state index in [2.05, 4.69) is 12.2 Å². The van der Waals surface area contributed by atoms with Gasteiger partial charge in [0.05, 0.1) is 13.2 Å². The van der Waals surface area contributed by atoms with Gasteiger partial charge < -0.3 is 19.9 Å².